The number of Topliss-reactive ketones (excluding diaryl/α,β-unsaturated/α-hetero) is 2. The van der Waals surface area contributed by atoms with Crippen molar-refractivity contribution in [1.29, 1.82) is 0 Å². The third-order valence-electron chi connectivity index (χ3n) is 5.71. The van der Waals surface area contributed by atoms with Crippen molar-refractivity contribution in [2.75, 3.05) is 0 Å². The topological polar surface area (TPSA) is 60.4 Å². The van der Waals surface area contributed by atoms with Crippen LogP contribution in [-0.4, -0.2) is 23.1 Å². The first-order valence-electron chi connectivity index (χ1n) is 8.04. The van der Waals surface area contributed by atoms with Gasteiger partial charge in [0.2, 0.25) is 0 Å². The normalized spacial score (nSPS) is 39.1. The Balaban J connectivity index is 1.99. The fourth-order valence-electron chi connectivity index (χ4n) is 4.57. The summed E-state index contributed by atoms with van der Waals surface area (Å²) in [6, 6.07) is 0. The van der Waals surface area contributed by atoms with Crippen LogP contribution in [0.25, 0.3) is 0 Å². The SMILES string of the molecule is CC(C)(C)C(=O)O[C@]12C[C@@H]3CCCC(=O)[C@@]31CCCC2=O. The largest absolute Gasteiger partial charge is 0.450 e. The molecule has 0 N–H and O–H groups in total. The standard InChI is InChI=1S/C17H24O4/c1-15(2,3)14(20)21-17-10-11-6-4-7-12(18)16(11,17)9-5-8-13(17)19/h11H,4-10H2,1-3H3/t11-,16+,17-/m0/s1. The van der Waals surface area contributed by atoms with Gasteiger partial charge in [-0.25, -0.2) is 0 Å². The van der Waals surface area contributed by atoms with Crippen molar-refractivity contribution in [2.45, 2.75) is 71.3 Å². The van der Waals surface area contributed by atoms with E-state index in [1.54, 1.807) is 20.8 Å². The van der Waals surface area contributed by atoms with Gasteiger partial charge in [0, 0.05) is 12.8 Å². The summed E-state index contributed by atoms with van der Waals surface area (Å²) in [5.74, 6) is -0.0117. The number of carbonyl (C=O) groups excluding carboxylic acids is 3. The predicted octanol–water partition coefficient (Wildman–Crippen LogP) is 2.83. The number of ketones is 2. The van der Waals surface area contributed by atoms with E-state index in [4.69, 9.17) is 4.74 Å². The van der Waals surface area contributed by atoms with Crippen molar-refractivity contribution in [3.05, 3.63) is 0 Å². The molecule has 3 rings (SSSR count). The van der Waals surface area contributed by atoms with E-state index < -0.39 is 16.4 Å². The molecule has 3 fully saturated rings. The van der Waals surface area contributed by atoms with Crippen LogP contribution in [0.5, 0.6) is 0 Å². The van der Waals surface area contributed by atoms with E-state index in [0.29, 0.717) is 25.7 Å². The molecule has 0 aromatic rings. The van der Waals surface area contributed by atoms with Gasteiger partial charge >= 0.3 is 5.97 Å². The van der Waals surface area contributed by atoms with Gasteiger partial charge in [0.25, 0.3) is 0 Å². The molecule has 1 spiro atoms. The van der Waals surface area contributed by atoms with E-state index in [1.807, 2.05) is 0 Å². The van der Waals surface area contributed by atoms with Crippen LogP contribution in [0.2, 0.25) is 0 Å². The molecule has 4 heteroatoms. The third-order valence-corrected chi connectivity index (χ3v) is 5.71. The highest BCUT2D eigenvalue weighted by Crippen LogP contribution is 2.66. The van der Waals surface area contributed by atoms with Crippen molar-refractivity contribution in [2.24, 2.45) is 16.7 Å². The quantitative estimate of drug-likeness (QED) is 0.697. The van der Waals surface area contributed by atoms with Crippen LogP contribution in [0.4, 0.5) is 0 Å². The average molecular weight is 292 g/mol. The zero-order chi connectivity index (χ0) is 15.5. The van der Waals surface area contributed by atoms with Crippen molar-refractivity contribution in [3.8, 4) is 0 Å². The molecule has 4 nitrogen and oxygen atoms in total. The smallest absolute Gasteiger partial charge is 0.312 e. The van der Waals surface area contributed by atoms with E-state index >= 15 is 0 Å². The van der Waals surface area contributed by atoms with E-state index in [0.717, 1.165) is 19.3 Å². The highest BCUT2D eigenvalue weighted by molar-refractivity contribution is 6.02. The molecule has 3 aliphatic rings. The van der Waals surface area contributed by atoms with Gasteiger partial charge in [-0.15, -0.1) is 0 Å². The molecule has 0 bridgehead atoms. The van der Waals surface area contributed by atoms with Gasteiger partial charge in [-0.2, -0.15) is 0 Å². The Kier molecular flexibility index (Phi) is 3.09. The second kappa shape index (κ2) is 4.40. The summed E-state index contributed by atoms with van der Waals surface area (Å²) < 4.78 is 5.78. The van der Waals surface area contributed by atoms with Crippen LogP contribution in [0, 0.1) is 16.7 Å². The second-order valence-electron chi connectivity index (χ2n) is 7.93. The maximum Gasteiger partial charge on any atom is 0.312 e. The summed E-state index contributed by atoms with van der Waals surface area (Å²) in [6.07, 6.45) is 4.85. The van der Waals surface area contributed by atoms with Gasteiger partial charge < -0.3 is 4.74 Å². The lowest BCUT2D eigenvalue weighted by Gasteiger charge is -2.65. The number of hydrogen-bond donors (Lipinski definition) is 0. The zero-order valence-corrected chi connectivity index (χ0v) is 13.2. The third kappa shape index (κ3) is 1.77. The van der Waals surface area contributed by atoms with Gasteiger partial charge in [-0.05, 0) is 58.8 Å². The van der Waals surface area contributed by atoms with Crippen LogP contribution in [0.1, 0.15) is 65.7 Å². The van der Waals surface area contributed by atoms with Gasteiger partial charge in [0.05, 0.1) is 10.8 Å². The van der Waals surface area contributed by atoms with Gasteiger partial charge in [-0.3, -0.25) is 14.4 Å². The molecule has 0 aromatic heterocycles. The summed E-state index contributed by atoms with van der Waals surface area (Å²) >= 11 is 0. The molecule has 0 radical (unpaired) electrons. The summed E-state index contributed by atoms with van der Waals surface area (Å²) in [6.45, 7) is 5.35. The minimum absolute atomic E-state index is 0.0298. The van der Waals surface area contributed by atoms with Crippen LogP contribution in [0.15, 0.2) is 0 Å². The summed E-state index contributed by atoms with van der Waals surface area (Å²) in [5, 5.41) is 0. The van der Waals surface area contributed by atoms with Crippen molar-refractivity contribution >= 4 is 17.5 Å². The van der Waals surface area contributed by atoms with E-state index in [9.17, 15) is 14.4 Å². The fraction of sp³-hybridized carbons (Fsp3) is 0.824. The average Bonchev–Trinajstić information content (AvgIpc) is 2.36. The number of carbonyl (C=O) groups is 3. The van der Waals surface area contributed by atoms with Crippen LogP contribution >= 0.6 is 0 Å². The lowest BCUT2D eigenvalue weighted by molar-refractivity contribution is -0.244. The Bertz CT molecular complexity index is 515. The molecule has 3 saturated carbocycles. The molecule has 0 unspecified atom stereocenters. The lowest BCUT2D eigenvalue weighted by atomic mass is 9.40. The van der Waals surface area contributed by atoms with Gasteiger partial charge in [0.15, 0.2) is 11.4 Å². The van der Waals surface area contributed by atoms with Gasteiger partial charge in [0.1, 0.15) is 5.78 Å². The Morgan fingerprint density at radius 1 is 1.14 bits per heavy atom. The molecule has 0 heterocycles. The number of rotatable bonds is 1. The van der Waals surface area contributed by atoms with Crippen molar-refractivity contribution in [1.82, 2.24) is 0 Å². The molecule has 0 aromatic carbocycles. The molecule has 116 valence electrons. The molecular weight excluding hydrogens is 268 g/mol. The highest BCUT2D eigenvalue weighted by Gasteiger charge is 2.75. The minimum Gasteiger partial charge on any atom is -0.450 e. The molecular formula is C17H24O4. The highest BCUT2D eigenvalue weighted by atomic mass is 16.6. The van der Waals surface area contributed by atoms with E-state index in [-0.39, 0.29) is 23.5 Å². The Morgan fingerprint density at radius 2 is 1.81 bits per heavy atom. The first kappa shape index (κ1) is 14.7. The zero-order valence-electron chi connectivity index (χ0n) is 13.2. The number of esters is 1. The van der Waals surface area contributed by atoms with Crippen LogP contribution in [-0.2, 0) is 19.1 Å². The Hall–Kier alpha value is -1.19. The second-order valence-corrected chi connectivity index (χ2v) is 7.93. The van der Waals surface area contributed by atoms with Crippen LogP contribution < -0.4 is 0 Å². The van der Waals surface area contributed by atoms with Crippen molar-refractivity contribution in [3.63, 3.8) is 0 Å². The first-order valence-corrected chi connectivity index (χ1v) is 8.04. The predicted molar refractivity (Wildman–Crippen MR) is 76.5 cm³/mol. The molecule has 3 aliphatic carbocycles. The van der Waals surface area contributed by atoms with Gasteiger partial charge in [-0.1, -0.05) is 0 Å². The molecule has 0 amide bonds. The molecule has 0 aliphatic heterocycles. The molecule has 21 heavy (non-hydrogen) atoms. The Morgan fingerprint density at radius 3 is 2.43 bits per heavy atom. The molecule has 0 saturated heterocycles. The lowest BCUT2D eigenvalue weighted by Crippen LogP contribution is -2.75. The van der Waals surface area contributed by atoms with Crippen LogP contribution in [0.3, 0.4) is 0 Å². The first-order chi connectivity index (χ1) is 9.74. The maximum absolute atomic E-state index is 12.7. The number of hydrogen-bond acceptors (Lipinski definition) is 4. The summed E-state index contributed by atoms with van der Waals surface area (Å²) in [7, 11) is 0. The Labute approximate surface area is 125 Å². The fourth-order valence-corrected chi connectivity index (χ4v) is 4.57. The number of ether oxygens (including phenoxy) is 1. The van der Waals surface area contributed by atoms with E-state index in [1.165, 1.54) is 0 Å². The summed E-state index contributed by atoms with van der Waals surface area (Å²) in [5.41, 5.74) is -2.49. The van der Waals surface area contributed by atoms with E-state index in [2.05, 4.69) is 0 Å². The monoisotopic (exact) mass is 292 g/mol. The minimum atomic E-state index is -1.14. The van der Waals surface area contributed by atoms with Crippen molar-refractivity contribution < 1.29 is 19.1 Å². The molecule has 3 atom stereocenters. The maximum atomic E-state index is 12.7. The summed E-state index contributed by atoms with van der Waals surface area (Å²) in [4.78, 5) is 37.6.